The SMILES string of the molecule is CC(C)c1nc(=O)n(CCCN2CCCCC2)c2ccccc12. The highest BCUT2D eigenvalue weighted by atomic mass is 16.1. The zero-order chi connectivity index (χ0) is 16.2. The maximum absolute atomic E-state index is 12.5. The third-order valence-electron chi connectivity index (χ3n) is 4.77. The van der Waals surface area contributed by atoms with E-state index in [0.29, 0.717) is 0 Å². The number of fused-ring (bicyclic) bond motifs is 1. The van der Waals surface area contributed by atoms with Crippen LogP contribution >= 0.6 is 0 Å². The summed E-state index contributed by atoms with van der Waals surface area (Å²) in [5, 5.41) is 1.11. The number of aromatic nitrogens is 2. The molecule has 23 heavy (non-hydrogen) atoms. The van der Waals surface area contributed by atoms with Gasteiger partial charge in [-0.15, -0.1) is 0 Å². The van der Waals surface area contributed by atoms with Gasteiger partial charge in [0.25, 0.3) is 0 Å². The summed E-state index contributed by atoms with van der Waals surface area (Å²) in [4.78, 5) is 19.4. The highest BCUT2D eigenvalue weighted by molar-refractivity contribution is 5.81. The zero-order valence-electron chi connectivity index (χ0n) is 14.3. The Balaban J connectivity index is 1.81. The lowest BCUT2D eigenvalue weighted by Crippen LogP contribution is -2.32. The van der Waals surface area contributed by atoms with Gasteiger partial charge in [0.05, 0.1) is 11.2 Å². The molecule has 0 aliphatic carbocycles. The lowest BCUT2D eigenvalue weighted by atomic mass is 10.0. The van der Waals surface area contributed by atoms with Gasteiger partial charge >= 0.3 is 5.69 Å². The fourth-order valence-electron chi connectivity index (χ4n) is 3.54. The molecule has 0 saturated carbocycles. The minimum atomic E-state index is -0.106. The van der Waals surface area contributed by atoms with Gasteiger partial charge in [-0.2, -0.15) is 4.98 Å². The van der Waals surface area contributed by atoms with Gasteiger partial charge in [0, 0.05) is 11.9 Å². The molecule has 4 nitrogen and oxygen atoms in total. The molecule has 0 spiro atoms. The molecule has 0 amide bonds. The summed E-state index contributed by atoms with van der Waals surface area (Å²) >= 11 is 0. The van der Waals surface area contributed by atoms with Crippen LogP contribution in [-0.4, -0.2) is 34.1 Å². The third-order valence-corrected chi connectivity index (χ3v) is 4.77. The molecule has 2 heterocycles. The number of hydrogen-bond donors (Lipinski definition) is 0. The fourth-order valence-corrected chi connectivity index (χ4v) is 3.54. The molecule has 0 radical (unpaired) electrons. The number of hydrogen-bond acceptors (Lipinski definition) is 3. The average molecular weight is 313 g/mol. The Hall–Kier alpha value is -1.68. The maximum Gasteiger partial charge on any atom is 0.348 e. The summed E-state index contributed by atoms with van der Waals surface area (Å²) in [6, 6.07) is 8.16. The van der Waals surface area contributed by atoms with Crippen LogP contribution in [0.2, 0.25) is 0 Å². The number of benzene rings is 1. The van der Waals surface area contributed by atoms with Crippen molar-refractivity contribution in [1.82, 2.24) is 14.5 Å². The van der Waals surface area contributed by atoms with Gasteiger partial charge in [-0.1, -0.05) is 38.5 Å². The van der Waals surface area contributed by atoms with Crippen molar-refractivity contribution in [3.63, 3.8) is 0 Å². The monoisotopic (exact) mass is 313 g/mol. The van der Waals surface area contributed by atoms with Crippen molar-refractivity contribution >= 4 is 10.9 Å². The molecular formula is C19H27N3O. The van der Waals surface area contributed by atoms with Crippen molar-refractivity contribution in [3.05, 3.63) is 40.4 Å². The highest BCUT2D eigenvalue weighted by Gasteiger charge is 2.13. The quantitative estimate of drug-likeness (QED) is 0.849. The van der Waals surface area contributed by atoms with E-state index >= 15 is 0 Å². The number of aryl methyl sites for hydroxylation is 1. The van der Waals surface area contributed by atoms with Crippen LogP contribution in [0.1, 0.15) is 51.1 Å². The van der Waals surface area contributed by atoms with Crippen molar-refractivity contribution in [2.24, 2.45) is 0 Å². The molecular weight excluding hydrogens is 286 g/mol. The molecule has 1 fully saturated rings. The summed E-state index contributed by atoms with van der Waals surface area (Å²) in [6.45, 7) is 8.43. The van der Waals surface area contributed by atoms with E-state index in [2.05, 4.69) is 29.8 Å². The van der Waals surface area contributed by atoms with Gasteiger partial charge in [-0.25, -0.2) is 4.79 Å². The number of para-hydroxylation sites is 1. The van der Waals surface area contributed by atoms with Crippen LogP contribution in [0.15, 0.2) is 29.1 Å². The molecule has 2 aromatic rings. The summed E-state index contributed by atoms with van der Waals surface area (Å²) in [7, 11) is 0. The van der Waals surface area contributed by atoms with Crippen molar-refractivity contribution in [1.29, 1.82) is 0 Å². The van der Waals surface area contributed by atoms with Gasteiger partial charge in [0.2, 0.25) is 0 Å². The molecule has 1 aromatic carbocycles. The summed E-state index contributed by atoms with van der Waals surface area (Å²) < 4.78 is 1.85. The minimum Gasteiger partial charge on any atom is -0.303 e. The van der Waals surface area contributed by atoms with Crippen LogP contribution in [0.25, 0.3) is 10.9 Å². The Morgan fingerprint density at radius 1 is 1.09 bits per heavy atom. The molecule has 0 bridgehead atoms. The number of nitrogens with zero attached hydrogens (tertiary/aromatic N) is 3. The van der Waals surface area contributed by atoms with E-state index in [9.17, 15) is 4.79 Å². The van der Waals surface area contributed by atoms with Crippen molar-refractivity contribution < 1.29 is 0 Å². The molecule has 1 aromatic heterocycles. The zero-order valence-corrected chi connectivity index (χ0v) is 14.3. The van der Waals surface area contributed by atoms with E-state index < -0.39 is 0 Å². The van der Waals surface area contributed by atoms with Crippen LogP contribution in [0, 0.1) is 0 Å². The first-order valence-corrected chi connectivity index (χ1v) is 8.88. The Labute approximate surface area is 138 Å². The van der Waals surface area contributed by atoms with Gasteiger partial charge in [0.15, 0.2) is 0 Å². The van der Waals surface area contributed by atoms with Gasteiger partial charge in [-0.05, 0) is 50.9 Å². The minimum absolute atomic E-state index is 0.106. The summed E-state index contributed by atoms with van der Waals surface area (Å²) in [6.07, 6.45) is 4.99. The first kappa shape index (κ1) is 16.2. The van der Waals surface area contributed by atoms with E-state index in [4.69, 9.17) is 0 Å². The van der Waals surface area contributed by atoms with Crippen LogP contribution < -0.4 is 5.69 Å². The first-order chi connectivity index (χ1) is 11.2. The number of rotatable bonds is 5. The summed E-state index contributed by atoms with van der Waals surface area (Å²) in [5.74, 6) is 0.260. The third kappa shape index (κ3) is 3.63. The lowest BCUT2D eigenvalue weighted by molar-refractivity contribution is 0.223. The first-order valence-electron chi connectivity index (χ1n) is 8.88. The molecule has 1 aliphatic rings. The topological polar surface area (TPSA) is 38.1 Å². The molecule has 0 atom stereocenters. The van der Waals surface area contributed by atoms with Crippen LogP contribution in [-0.2, 0) is 6.54 Å². The van der Waals surface area contributed by atoms with Gasteiger partial charge in [0.1, 0.15) is 0 Å². The maximum atomic E-state index is 12.5. The number of likely N-dealkylation sites (tertiary alicyclic amines) is 1. The van der Waals surface area contributed by atoms with Crippen LogP contribution in [0.3, 0.4) is 0 Å². The Morgan fingerprint density at radius 3 is 2.57 bits per heavy atom. The van der Waals surface area contributed by atoms with E-state index in [-0.39, 0.29) is 11.6 Å². The van der Waals surface area contributed by atoms with Crippen molar-refractivity contribution in [3.8, 4) is 0 Å². The van der Waals surface area contributed by atoms with Gasteiger partial charge < -0.3 is 4.90 Å². The standard InChI is InChI=1S/C19H27N3O/c1-15(2)18-16-9-4-5-10-17(16)22(19(23)20-18)14-8-13-21-11-6-3-7-12-21/h4-5,9-10,15H,3,6-8,11-14H2,1-2H3. The highest BCUT2D eigenvalue weighted by Crippen LogP contribution is 2.21. The van der Waals surface area contributed by atoms with Crippen LogP contribution in [0.5, 0.6) is 0 Å². The predicted octanol–water partition coefficient (Wildman–Crippen LogP) is 3.40. The molecule has 3 rings (SSSR count). The lowest BCUT2D eigenvalue weighted by Gasteiger charge is -2.26. The average Bonchev–Trinajstić information content (AvgIpc) is 2.57. The Bertz CT molecular complexity index is 714. The predicted molar refractivity (Wildman–Crippen MR) is 95.0 cm³/mol. The second kappa shape index (κ2) is 7.26. The summed E-state index contributed by atoms with van der Waals surface area (Å²) in [5.41, 5.74) is 1.83. The second-order valence-electron chi connectivity index (χ2n) is 6.86. The molecule has 1 saturated heterocycles. The Kier molecular flexibility index (Phi) is 5.11. The molecule has 124 valence electrons. The van der Waals surface area contributed by atoms with Crippen molar-refractivity contribution in [2.75, 3.05) is 19.6 Å². The fraction of sp³-hybridized carbons (Fsp3) is 0.579. The Morgan fingerprint density at radius 2 is 1.83 bits per heavy atom. The molecule has 1 aliphatic heterocycles. The normalized spacial score (nSPS) is 16.3. The van der Waals surface area contributed by atoms with Crippen LogP contribution in [0.4, 0.5) is 0 Å². The number of piperidine rings is 1. The second-order valence-corrected chi connectivity index (χ2v) is 6.86. The smallest absolute Gasteiger partial charge is 0.303 e. The largest absolute Gasteiger partial charge is 0.348 e. The van der Waals surface area contributed by atoms with E-state index in [1.54, 1.807) is 0 Å². The van der Waals surface area contributed by atoms with Crippen molar-refractivity contribution in [2.45, 2.75) is 52.0 Å². The van der Waals surface area contributed by atoms with Gasteiger partial charge in [-0.3, -0.25) is 4.57 Å². The molecule has 0 unspecified atom stereocenters. The molecule has 0 N–H and O–H groups in total. The molecule has 4 heteroatoms. The van der Waals surface area contributed by atoms with E-state index in [1.165, 1.54) is 32.4 Å². The van der Waals surface area contributed by atoms with E-state index in [1.807, 2.05) is 22.8 Å². The van der Waals surface area contributed by atoms with E-state index in [0.717, 1.165) is 36.1 Å².